The van der Waals surface area contributed by atoms with Crippen LogP contribution in [0.5, 0.6) is 0 Å². The second-order valence-electron chi connectivity index (χ2n) is 8.50. The van der Waals surface area contributed by atoms with E-state index >= 15 is 0 Å². The van der Waals surface area contributed by atoms with Gasteiger partial charge in [0.25, 0.3) is 0 Å². The average molecular weight is 382 g/mol. The highest BCUT2D eigenvalue weighted by Gasteiger charge is 2.70. The average Bonchev–Trinajstić information content (AvgIpc) is 3.14. The molecule has 8 nitrogen and oxygen atoms in total. The molecular weight excluding hydrogens is 364 g/mol. The summed E-state index contributed by atoms with van der Waals surface area (Å²) in [6.45, 7) is 0.704. The fourth-order valence-corrected chi connectivity index (χ4v) is 7.52. The molecule has 0 aromatic carbocycles. The Labute approximate surface area is 155 Å². The molecule has 3 aromatic heterocycles. The molecule has 3 aromatic rings. The normalized spacial score (nSPS) is 30.6. The molecule has 0 unspecified atom stereocenters. The van der Waals surface area contributed by atoms with Crippen LogP contribution in [0.2, 0.25) is 0 Å². The van der Waals surface area contributed by atoms with Crippen LogP contribution in [-0.2, 0) is 15.6 Å². The van der Waals surface area contributed by atoms with Gasteiger partial charge in [0, 0.05) is 30.2 Å². The number of nitriles is 1. The molecular formula is C18H18N6O2S. The lowest BCUT2D eigenvalue weighted by Crippen LogP contribution is -2.70. The lowest BCUT2D eigenvalue weighted by atomic mass is 9.40. The predicted octanol–water partition coefficient (Wildman–Crippen LogP) is 1.58. The number of aromatic amines is 1. The number of aromatic nitrogens is 4. The zero-order valence-corrected chi connectivity index (χ0v) is 15.4. The van der Waals surface area contributed by atoms with Crippen LogP contribution in [0.3, 0.4) is 0 Å². The summed E-state index contributed by atoms with van der Waals surface area (Å²) in [5.41, 5.74) is 2.67. The Morgan fingerprint density at radius 3 is 2.81 bits per heavy atom. The molecule has 0 spiro atoms. The van der Waals surface area contributed by atoms with Gasteiger partial charge in [-0.25, -0.2) is 18.4 Å². The van der Waals surface area contributed by atoms with Crippen LogP contribution in [0.1, 0.15) is 19.3 Å². The van der Waals surface area contributed by atoms with E-state index in [1.165, 1.54) is 4.31 Å². The second kappa shape index (κ2) is 4.69. The Hall–Kier alpha value is -2.44. The van der Waals surface area contributed by atoms with Crippen molar-refractivity contribution in [2.75, 3.05) is 18.8 Å². The fraction of sp³-hybridized carbons (Fsp3) is 0.500. The molecule has 2 bridgehead atoms. The zero-order valence-electron chi connectivity index (χ0n) is 14.6. The first-order chi connectivity index (χ1) is 12.9. The van der Waals surface area contributed by atoms with E-state index in [0.29, 0.717) is 13.1 Å². The van der Waals surface area contributed by atoms with E-state index in [0.717, 1.165) is 41.3 Å². The van der Waals surface area contributed by atoms with Gasteiger partial charge in [0.2, 0.25) is 10.0 Å². The number of pyridine rings is 1. The van der Waals surface area contributed by atoms with Gasteiger partial charge in [0.15, 0.2) is 0 Å². The van der Waals surface area contributed by atoms with Crippen molar-refractivity contribution < 1.29 is 8.42 Å². The summed E-state index contributed by atoms with van der Waals surface area (Å²) >= 11 is 0. The minimum Gasteiger partial charge on any atom is -0.346 e. The van der Waals surface area contributed by atoms with Crippen LogP contribution < -0.4 is 0 Å². The van der Waals surface area contributed by atoms with Crippen molar-refractivity contribution in [2.45, 2.75) is 24.8 Å². The number of nitrogens with one attached hydrogen (secondary N) is 1. The Morgan fingerprint density at radius 1 is 1.30 bits per heavy atom. The van der Waals surface area contributed by atoms with Crippen LogP contribution in [0.15, 0.2) is 24.8 Å². The van der Waals surface area contributed by atoms with Crippen LogP contribution in [0, 0.1) is 22.7 Å². The number of H-pyrrole nitrogens is 1. The van der Waals surface area contributed by atoms with E-state index in [9.17, 15) is 8.42 Å². The van der Waals surface area contributed by atoms with Crippen LogP contribution in [0.4, 0.5) is 0 Å². The third-order valence-electron chi connectivity index (χ3n) is 6.63. The van der Waals surface area contributed by atoms with Gasteiger partial charge in [0.1, 0.15) is 11.2 Å². The molecule has 0 amide bonds. The minimum absolute atomic E-state index is 0.0139. The summed E-state index contributed by atoms with van der Waals surface area (Å²) in [4.78, 5) is 12.1. The molecule has 1 saturated heterocycles. The summed E-state index contributed by atoms with van der Waals surface area (Å²) in [5, 5.41) is 9.92. The molecule has 138 valence electrons. The van der Waals surface area contributed by atoms with Gasteiger partial charge in [-0.15, -0.1) is 0 Å². The van der Waals surface area contributed by atoms with Crippen molar-refractivity contribution in [3.63, 3.8) is 0 Å². The van der Waals surface area contributed by atoms with Gasteiger partial charge < -0.3 is 9.55 Å². The highest BCUT2D eigenvalue weighted by Crippen LogP contribution is 2.72. The van der Waals surface area contributed by atoms with Crippen molar-refractivity contribution in [3.8, 4) is 6.07 Å². The van der Waals surface area contributed by atoms with Crippen molar-refractivity contribution in [1.29, 1.82) is 5.26 Å². The molecule has 9 heteroatoms. The van der Waals surface area contributed by atoms with E-state index < -0.39 is 10.0 Å². The van der Waals surface area contributed by atoms with E-state index in [1.807, 2.05) is 18.6 Å². The first-order valence-corrected chi connectivity index (χ1v) is 10.7. The molecule has 0 radical (unpaired) electrons. The van der Waals surface area contributed by atoms with Crippen LogP contribution in [0.25, 0.3) is 22.1 Å². The first-order valence-electron chi connectivity index (χ1n) is 9.11. The summed E-state index contributed by atoms with van der Waals surface area (Å²) < 4.78 is 29.0. The molecule has 4 heterocycles. The van der Waals surface area contributed by atoms with Gasteiger partial charge in [-0.05, 0) is 30.7 Å². The summed E-state index contributed by atoms with van der Waals surface area (Å²) in [5.74, 6) is 0.0574. The van der Waals surface area contributed by atoms with Crippen LogP contribution in [-0.4, -0.2) is 51.1 Å². The smallest absolute Gasteiger partial charge is 0.214 e. The second-order valence-corrected chi connectivity index (χ2v) is 10.5. The first kappa shape index (κ1) is 15.6. The third-order valence-corrected chi connectivity index (χ3v) is 8.69. The standard InChI is InChI=1S/C18H18N6O2S/c19-3-12-5-23(6-12)27(25,26)10-17-7-18(8-17,9-17)24-11-22-14-4-21-16-13(15(14)24)1-2-20-16/h1-2,4,11-12H,5-10H2,(H,20,21). The molecule has 4 fully saturated rings. The van der Waals surface area contributed by atoms with E-state index in [-0.39, 0.29) is 22.6 Å². The SMILES string of the molecule is N#CC1CN(S(=O)(=O)CC23CC(n4cnc5cnc6[nH]ccc6c54)(C2)C3)C1. The summed E-state index contributed by atoms with van der Waals surface area (Å²) in [6, 6.07) is 4.15. The van der Waals surface area contributed by atoms with Gasteiger partial charge >= 0.3 is 0 Å². The number of imidazole rings is 1. The maximum Gasteiger partial charge on any atom is 0.214 e. The van der Waals surface area contributed by atoms with Gasteiger partial charge in [0.05, 0.1) is 35.8 Å². The topological polar surface area (TPSA) is 108 Å². The van der Waals surface area contributed by atoms with Crippen molar-refractivity contribution in [1.82, 2.24) is 23.8 Å². The summed E-state index contributed by atoms with van der Waals surface area (Å²) in [7, 11) is -3.27. The minimum atomic E-state index is -3.27. The lowest BCUT2D eigenvalue weighted by Gasteiger charge is -2.71. The fourth-order valence-electron chi connectivity index (χ4n) is 5.44. The number of hydrogen-bond acceptors (Lipinski definition) is 5. The number of nitrogens with zero attached hydrogens (tertiary/aromatic N) is 5. The number of rotatable bonds is 4. The highest BCUT2D eigenvalue weighted by atomic mass is 32.2. The Balaban J connectivity index is 1.26. The zero-order chi connectivity index (χ0) is 18.4. The highest BCUT2D eigenvalue weighted by molar-refractivity contribution is 7.89. The maximum absolute atomic E-state index is 12.6. The Morgan fingerprint density at radius 2 is 2.07 bits per heavy atom. The van der Waals surface area contributed by atoms with Crippen LogP contribution >= 0.6 is 0 Å². The molecule has 4 aliphatic rings. The molecule has 0 atom stereocenters. The quantitative estimate of drug-likeness (QED) is 0.737. The van der Waals surface area contributed by atoms with Crippen molar-refractivity contribution >= 4 is 32.1 Å². The van der Waals surface area contributed by atoms with Gasteiger partial charge in [-0.3, -0.25) is 0 Å². The van der Waals surface area contributed by atoms with E-state index in [1.54, 1.807) is 6.20 Å². The van der Waals surface area contributed by atoms with Crippen molar-refractivity contribution in [3.05, 3.63) is 24.8 Å². The third kappa shape index (κ3) is 1.92. The molecule has 27 heavy (non-hydrogen) atoms. The number of fused-ring (bicyclic) bond motifs is 3. The predicted molar refractivity (Wildman–Crippen MR) is 98.1 cm³/mol. The molecule has 1 aliphatic heterocycles. The molecule has 1 N–H and O–H groups in total. The largest absolute Gasteiger partial charge is 0.346 e. The lowest BCUT2D eigenvalue weighted by molar-refractivity contribution is -0.169. The number of hydrogen-bond donors (Lipinski definition) is 1. The van der Waals surface area contributed by atoms with Crippen molar-refractivity contribution in [2.24, 2.45) is 11.3 Å². The molecule has 7 rings (SSSR count). The maximum atomic E-state index is 12.6. The summed E-state index contributed by atoms with van der Waals surface area (Å²) in [6.07, 6.45) is 8.15. The molecule has 3 saturated carbocycles. The monoisotopic (exact) mass is 382 g/mol. The Bertz CT molecular complexity index is 1220. The van der Waals surface area contributed by atoms with Gasteiger partial charge in [-0.2, -0.15) is 9.57 Å². The number of sulfonamides is 1. The molecule has 3 aliphatic carbocycles. The van der Waals surface area contributed by atoms with E-state index in [4.69, 9.17) is 5.26 Å². The van der Waals surface area contributed by atoms with E-state index in [2.05, 4.69) is 25.6 Å². The van der Waals surface area contributed by atoms with Gasteiger partial charge in [-0.1, -0.05) is 0 Å². The Kier molecular flexibility index (Phi) is 2.71.